The number of carbonyl (C=O) groups is 2. The molecule has 1 aromatic heterocycles. The number of carbonyl (C=O) groups excluding carboxylic acids is 2. The van der Waals surface area contributed by atoms with Crippen molar-refractivity contribution in [2.24, 2.45) is 11.8 Å². The molecule has 0 spiro atoms. The molecule has 1 unspecified atom stereocenters. The van der Waals surface area contributed by atoms with Crippen molar-refractivity contribution in [2.75, 3.05) is 26.4 Å². The maximum atomic E-state index is 12.9. The summed E-state index contributed by atoms with van der Waals surface area (Å²) in [6.45, 7) is 5.05. The third kappa shape index (κ3) is 7.54. The molecule has 0 saturated heterocycles. The van der Waals surface area contributed by atoms with Gasteiger partial charge in [-0.2, -0.15) is 0 Å². The van der Waals surface area contributed by atoms with E-state index in [0.29, 0.717) is 11.6 Å². The van der Waals surface area contributed by atoms with Crippen molar-refractivity contribution in [3.8, 4) is 0 Å². The Hall–Kier alpha value is -1.41. The van der Waals surface area contributed by atoms with Crippen molar-refractivity contribution in [3.05, 3.63) is 5.89 Å². The highest BCUT2D eigenvalue weighted by atomic mass is 32.2. The third-order valence-corrected chi connectivity index (χ3v) is 5.81. The summed E-state index contributed by atoms with van der Waals surface area (Å²) in [7, 11) is 4.06. The molecule has 7 nitrogen and oxygen atoms in total. The van der Waals surface area contributed by atoms with Gasteiger partial charge in [0.2, 0.25) is 11.7 Å². The van der Waals surface area contributed by atoms with Gasteiger partial charge in [-0.05, 0) is 52.2 Å². The zero-order valence-electron chi connectivity index (χ0n) is 17.6. The molecule has 1 atom stereocenters. The van der Waals surface area contributed by atoms with E-state index >= 15 is 0 Å². The highest BCUT2D eigenvalue weighted by Crippen LogP contribution is 2.24. The van der Waals surface area contributed by atoms with Crippen LogP contribution in [0.2, 0.25) is 0 Å². The van der Waals surface area contributed by atoms with Crippen LogP contribution in [-0.2, 0) is 4.79 Å². The lowest BCUT2D eigenvalue weighted by Crippen LogP contribution is -2.45. The van der Waals surface area contributed by atoms with Crippen molar-refractivity contribution < 1.29 is 14.0 Å². The molecule has 158 valence electrons. The van der Waals surface area contributed by atoms with Gasteiger partial charge in [-0.15, -0.1) is 10.2 Å². The number of amides is 1. The maximum absolute atomic E-state index is 12.9. The van der Waals surface area contributed by atoms with Gasteiger partial charge >= 0.3 is 0 Å². The first-order valence-corrected chi connectivity index (χ1v) is 11.3. The lowest BCUT2D eigenvalue weighted by molar-refractivity contribution is -0.126. The van der Waals surface area contributed by atoms with Crippen LogP contribution >= 0.6 is 11.8 Å². The predicted octanol–water partition coefficient (Wildman–Crippen LogP) is 3.41. The molecule has 0 radical (unpaired) electrons. The number of hydrogen-bond acceptors (Lipinski definition) is 7. The van der Waals surface area contributed by atoms with Gasteiger partial charge in [-0.3, -0.25) is 9.59 Å². The largest absolute Gasteiger partial charge is 0.408 e. The Morgan fingerprint density at radius 1 is 1.21 bits per heavy atom. The highest BCUT2D eigenvalue weighted by Gasteiger charge is 2.30. The Labute approximate surface area is 172 Å². The van der Waals surface area contributed by atoms with Crippen LogP contribution in [0.25, 0.3) is 0 Å². The van der Waals surface area contributed by atoms with E-state index in [9.17, 15) is 9.59 Å². The number of ketones is 1. The monoisotopic (exact) mass is 410 g/mol. The topological polar surface area (TPSA) is 88.3 Å². The minimum atomic E-state index is -0.610. The Kier molecular flexibility index (Phi) is 9.44. The molecule has 1 aromatic rings. The molecule has 1 heterocycles. The molecule has 1 saturated carbocycles. The van der Waals surface area contributed by atoms with Gasteiger partial charge in [-0.1, -0.05) is 44.9 Å². The zero-order chi connectivity index (χ0) is 20.5. The van der Waals surface area contributed by atoms with Gasteiger partial charge in [-0.25, -0.2) is 0 Å². The first kappa shape index (κ1) is 22.9. The van der Waals surface area contributed by atoms with Crippen LogP contribution < -0.4 is 5.32 Å². The molecule has 1 aliphatic rings. The maximum Gasteiger partial charge on any atom is 0.286 e. The van der Waals surface area contributed by atoms with Crippen molar-refractivity contribution in [2.45, 2.75) is 70.1 Å². The SMILES string of the molecule is CC(C)CC(NC(=O)C1CCCCC1)C(=O)c1nnc(SCCCN(C)C)o1. The number of hydrogen-bond donors (Lipinski definition) is 1. The van der Waals surface area contributed by atoms with Crippen LogP contribution in [0, 0.1) is 11.8 Å². The molecule has 28 heavy (non-hydrogen) atoms. The van der Waals surface area contributed by atoms with E-state index in [1.54, 1.807) is 0 Å². The molecular formula is C20H34N4O3S. The Bertz CT molecular complexity index is 627. The third-order valence-electron chi connectivity index (χ3n) is 4.91. The van der Waals surface area contributed by atoms with Crippen molar-refractivity contribution in [1.29, 1.82) is 0 Å². The summed E-state index contributed by atoms with van der Waals surface area (Å²) in [5.41, 5.74) is 0. The number of Topliss-reactive ketones (excluding diaryl/α,β-unsaturated/α-hetero) is 1. The molecular weight excluding hydrogens is 376 g/mol. The second kappa shape index (κ2) is 11.6. The molecule has 1 N–H and O–H groups in total. The van der Waals surface area contributed by atoms with Gasteiger partial charge < -0.3 is 14.6 Å². The van der Waals surface area contributed by atoms with Gasteiger partial charge in [0.15, 0.2) is 0 Å². The molecule has 0 bridgehead atoms. The average Bonchev–Trinajstić information content (AvgIpc) is 3.13. The lowest BCUT2D eigenvalue weighted by atomic mass is 9.88. The van der Waals surface area contributed by atoms with Gasteiger partial charge in [0.25, 0.3) is 11.1 Å². The number of nitrogens with one attached hydrogen (secondary N) is 1. The number of aromatic nitrogens is 2. The van der Waals surface area contributed by atoms with E-state index in [1.165, 1.54) is 18.2 Å². The van der Waals surface area contributed by atoms with Crippen molar-refractivity contribution in [3.63, 3.8) is 0 Å². The van der Waals surface area contributed by atoms with Crippen LogP contribution in [0.4, 0.5) is 0 Å². The fourth-order valence-corrected chi connectivity index (χ4v) is 4.10. The van der Waals surface area contributed by atoms with Crippen molar-refractivity contribution in [1.82, 2.24) is 20.4 Å². The highest BCUT2D eigenvalue weighted by molar-refractivity contribution is 7.99. The first-order valence-electron chi connectivity index (χ1n) is 10.3. The van der Waals surface area contributed by atoms with Crippen LogP contribution in [0.1, 0.15) is 69.5 Å². The fourth-order valence-electron chi connectivity index (χ4n) is 3.41. The Morgan fingerprint density at radius 3 is 2.57 bits per heavy atom. The van der Waals surface area contributed by atoms with E-state index in [0.717, 1.165) is 44.4 Å². The second-order valence-electron chi connectivity index (χ2n) is 8.27. The van der Waals surface area contributed by atoms with Crippen LogP contribution in [0.15, 0.2) is 9.64 Å². The van der Waals surface area contributed by atoms with Gasteiger partial charge in [0, 0.05) is 11.7 Å². The second-order valence-corrected chi connectivity index (χ2v) is 9.31. The van der Waals surface area contributed by atoms with E-state index in [-0.39, 0.29) is 29.4 Å². The van der Waals surface area contributed by atoms with Crippen molar-refractivity contribution >= 4 is 23.5 Å². The minimum Gasteiger partial charge on any atom is -0.408 e. The number of rotatable bonds is 11. The van der Waals surface area contributed by atoms with E-state index in [1.807, 2.05) is 27.9 Å². The van der Waals surface area contributed by atoms with Crippen LogP contribution in [-0.4, -0.2) is 59.2 Å². The molecule has 8 heteroatoms. The van der Waals surface area contributed by atoms with Gasteiger partial charge in [0.05, 0.1) is 6.04 Å². The Balaban J connectivity index is 1.95. The van der Waals surface area contributed by atoms with E-state index in [2.05, 4.69) is 20.4 Å². The molecule has 1 fully saturated rings. The molecule has 2 rings (SSSR count). The summed E-state index contributed by atoms with van der Waals surface area (Å²) in [6.07, 6.45) is 6.72. The summed E-state index contributed by atoms with van der Waals surface area (Å²) in [6, 6.07) is -0.610. The quantitative estimate of drug-likeness (QED) is 0.340. The summed E-state index contributed by atoms with van der Waals surface area (Å²) in [5.74, 6) is 0.818. The van der Waals surface area contributed by atoms with Crippen LogP contribution in [0.5, 0.6) is 0 Å². The lowest BCUT2D eigenvalue weighted by Gasteiger charge is -2.24. The fraction of sp³-hybridized carbons (Fsp3) is 0.800. The molecule has 1 amide bonds. The predicted molar refractivity (Wildman–Crippen MR) is 110 cm³/mol. The van der Waals surface area contributed by atoms with E-state index < -0.39 is 6.04 Å². The van der Waals surface area contributed by atoms with E-state index in [4.69, 9.17) is 4.42 Å². The summed E-state index contributed by atoms with van der Waals surface area (Å²) in [4.78, 5) is 27.6. The Morgan fingerprint density at radius 2 is 1.93 bits per heavy atom. The summed E-state index contributed by atoms with van der Waals surface area (Å²) in [5, 5.41) is 11.3. The minimum absolute atomic E-state index is 0.00953. The first-order chi connectivity index (χ1) is 13.4. The molecule has 1 aliphatic carbocycles. The number of nitrogens with zero attached hydrogens (tertiary/aromatic N) is 3. The summed E-state index contributed by atoms with van der Waals surface area (Å²) >= 11 is 1.46. The normalized spacial score (nSPS) is 16.5. The van der Waals surface area contributed by atoms with Gasteiger partial charge in [0.1, 0.15) is 0 Å². The van der Waals surface area contributed by atoms with Crippen LogP contribution in [0.3, 0.4) is 0 Å². The average molecular weight is 411 g/mol. The smallest absolute Gasteiger partial charge is 0.286 e. The zero-order valence-corrected chi connectivity index (χ0v) is 18.4. The molecule has 0 aliphatic heterocycles. The number of thioether (sulfide) groups is 1. The molecule has 0 aromatic carbocycles. The summed E-state index contributed by atoms with van der Waals surface area (Å²) < 4.78 is 5.57. The standard InChI is InChI=1S/C20H34N4O3S/c1-14(2)13-16(21-18(26)15-9-6-5-7-10-15)17(25)19-22-23-20(27-19)28-12-8-11-24(3)4/h14-16H,5-13H2,1-4H3,(H,21,26).